The zero-order valence-corrected chi connectivity index (χ0v) is 26.3. The van der Waals surface area contributed by atoms with Crippen LogP contribution in [0, 0.1) is 6.26 Å². The first-order valence-electron chi connectivity index (χ1n) is 13.5. The minimum atomic E-state index is -1.08. The molecular formula is C32H24N2O3S5. The maximum Gasteiger partial charge on any atom is 0.323 e. The molecular weight excluding hydrogens is 621 g/mol. The lowest BCUT2D eigenvalue weighted by molar-refractivity contribution is -0.140. The van der Waals surface area contributed by atoms with E-state index in [0.29, 0.717) is 16.9 Å². The van der Waals surface area contributed by atoms with E-state index < -0.39 is 12.5 Å². The van der Waals surface area contributed by atoms with Gasteiger partial charge < -0.3 is 10.0 Å². The lowest BCUT2D eigenvalue weighted by atomic mass is 9.96. The summed E-state index contributed by atoms with van der Waals surface area (Å²) in [5.41, 5.74) is 4.69. The van der Waals surface area contributed by atoms with Crippen LogP contribution in [0.5, 0.6) is 0 Å². The molecule has 0 spiro atoms. The Labute approximate surface area is 266 Å². The predicted octanol–water partition coefficient (Wildman–Crippen LogP) is 8.98. The minimum absolute atomic E-state index is 0.284. The molecule has 1 amide bonds. The fourth-order valence-corrected chi connectivity index (χ4v) is 9.82. The van der Waals surface area contributed by atoms with Crippen LogP contribution in [-0.2, 0) is 9.59 Å². The number of carboxylic acids is 1. The summed E-state index contributed by atoms with van der Waals surface area (Å²) in [4.78, 5) is 32.9. The van der Waals surface area contributed by atoms with Gasteiger partial charge in [0.1, 0.15) is 10.9 Å². The highest BCUT2D eigenvalue weighted by Crippen LogP contribution is 2.54. The van der Waals surface area contributed by atoms with Gasteiger partial charge in [0.05, 0.1) is 9.91 Å². The third-order valence-corrected chi connectivity index (χ3v) is 12.3. The molecule has 5 nitrogen and oxygen atoms in total. The number of amides is 1. The fraction of sp³-hybridized carbons (Fsp3) is 0.188. The molecule has 1 saturated heterocycles. The lowest BCUT2D eigenvalue weighted by Crippen LogP contribution is -2.33. The largest absolute Gasteiger partial charge is 0.480 e. The van der Waals surface area contributed by atoms with E-state index in [1.54, 1.807) is 11.3 Å². The van der Waals surface area contributed by atoms with E-state index in [2.05, 4.69) is 65.6 Å². The summed E-state index contributed by atoms with van der Waals surface area (Å²) in [6.45, 7) is -0.415. The van der Waals surface area contributed by atoms with E-state index in [0.717, 1.165) is 40.0 Å². The highest BCUT2D eigenvalue weighted by atomic mass is 32.2. The fourth-order valence-electron chi connectivity index (χ4n) is 6.09. The number of carbonyl (C=O) groups excluding carboxylic acids is 1. The number of thioether (sulfide) groups is 2. The SMILES string of the molecule is [CH]Sc1ccc(-c2ccc(-c3ccc(N4c5ccc(/C=C6\SC(=S)N(CC(=O)O)C6=O)cc5C5CCCC54)s3)s2)cc1. The summed E-state index contributed by atoms with van der Waals surface area (Å²) in [7, 11) is 0. The van der Waals surface area contributed by atoms with Gasteiger partial charge in [-0.2, -0.15) is 0 Å². The molecule has 2 radical (unpaired) electrons. The van der Waals surface area contributed by atoms with E-state index in [1.165, 1.54) is 54.6 Å². The number of thiophene rings is 2. The predicted molar refractivity (Wildman–Crippen MR) is 180 cm³/mol. The average molecular weight is 645 g/mol. The monoisotopic (exact) mass is 644 g/mol. The number of hydrogen-bond donors (Lipinski definition) is 1. The molecule has 2 aromatic carbocycles. The third kappa shape index (κ3) is 5.03. The highest BCUT2D eigenvalue weighted by molar-refractivity contribution is 8.26. The maximum absolute atomic E-state index is 12.8. The number of hydrogen-bond acceptors (Lipinski definition) is 8. The quantitative estimate of drug-likeness (QED) is 0.122. The van der Waals surface area contributed by atoms with Gasteiger partial charge in [0.2, 0.25) is 0 Å². The first-order chi connectivity index (χ1) is 20.4. The molecule has 4 aromatic rings. The second-order valence-corrected chi connectivity index (χ2v) is 14.9. The second-order valence-electron chi connectivity index (χ2n) is 10.4. The number of anilines is 2. The van der Waals surface area contributed by atoms with Crippen LogP contribution >= 0.6 is 58.4 Å². The van der Waals surface area contributed by atoms with Crippen LogP contribution < -0.4 is 4.90 Å². The molecule has 42 heavy (non-hydrogen) atoms. The first-order valence-corrected chi connectivity index (χ1v) is 17.2. The lowest BCUT2D eigenvalue weighted by Gasteiger charge is -2.25. The standard InChI is InChI=1S/C32H24N2O3S5/c1-39-20-8-6-19(7-9-20)25-11-12-26(40-25)27-13-14-29(41-27)34-23-4-2-3-21(23)22-15-18(5-10-24(22)34)16-28-31(37)33(17-30(35)36)32(38)42-28/h1,5-16,21,23H,2-4,17H2,(H,35,36)/b28-16-. The number of thiocarbonyl (C=S) groups is 1. The summed E-state index contributed by atoms with van der Waals surface area (Å²) in [6, 6.07) is 24.1. The molecule has 4 heterocycles. The van der Waals surface area contributed by atoms with E-state index in [1.807, 2.05) is 23.5 Å². The van der Waals surface area contributed by atoms with Gasteiger partial charge in [-0.25, -0.2) is 0 Å². The van der Waals surface area contributed by atoms with Crippen LogP contribution in [0.1, 0.15) is 36.3 Å². The Hall–Kier alpha value is -2.89. The van der Waals surface area contributed by atoms with Gasteiger partial charge in [-0.3, -0.25) is 14.5 Å². The minimum Gasteiger partial charge on any atom is -0.480 e. The Morgan fingerprint density at radius 2 is 1.79 bits per heavy atom. The summed E-state index contributed by atoms with van der Waals surface area (Å²) in [5.74, 6) is -0.975. The molecule has 0 bridgehead atoms. The van der Waals surface area contributed by atoms with E-state index in [9.17, 15) is 9.59 Å². The van der Waals surface area contributed by atoms with E-state index >= 15 is 0 Å². The van der Waals surface area contributed by atoms with Crippen molar-refractivity contribution in [1.82, 2.24) is 4.90 Å². The number of aliphatic carboxylic acids is 1. The van der Waals surface area contributed by atoms with Gasteiger partial charge in [0.25, 0.3) is 5.91 Å². The van der Waals surface area contributed by atoms with E-state index in [-0.39, 0.29) is 10.2 Å². The van der Waals surface area contributed by atoms with Crippen LogP contribution in [0.2, 0.25) is 0 Å². The topological polar surface area (TPSA) is 60.9 Å². The molecule has 2 unspecified atom stereocenters. The number of fused-ring (bicyclic) bond motifs is 3. The highest BCUT2D eigenvalue weighted by Gasteiger charge is 2.42. The molecule has 2 aliphatic heterocycles. The van der Waals surface area contributed by atoms with Crippen molar-refractivity contribution in [3.63, 3.8) is 0 Å². The molecule has 1 saturated carbocycles. The van der Waals surface area contributed by atoms with Gasteiger partial charge in [0, 0.05) is 43.4 Å². The zero-order chi connectivity index (χ0) is 29.0. The molecule has 2 aromatic heterocycles. The Balaban J connectivity index is 1.16. The van der Waals surface area contributed by atoms with Crippen molar-refractivity contribution < 1.29 is 14.7 Å². The molecule has 10 heteroatoms. The summed E-state index contributed by atoms with van der Waals surface area (Å²) in [5, 5.41) is 10.4. The Morgan fingerprint density at radius 3 is 2.57 bits per heavy atom. The molecule has 1 N–H and O–H groups in total. The van der Waals surface area contributed by atoms with Crippen molar-refractivity contribution >= 4 is 91.4 Å². The van der Waals surface area contributed by atoms with Crippen LogP contribution in [0.15, 0.2) is 76.5 Å². The Morgan fingerprint density at radius 1 is 1.02 bits per heavy atom. The molecule has 7 rings (SSSR count). The van der Waals surface area contributed by atoms with E-state index in [4.69, 9.17) is 23.6 Å². The Bertz CT molecular complexity index is 1760. The number of nitrogens with zero attached hydrogens (tertiary/aromatic N) is 2. The number of carboxylic acid groups (broad SMARTS) is 1. The van der Waals surface area contributed by atoms with Crippen molar-refractivity contribution in [3.05, 3.63) is 89.0 Å². The average Bonchev–Trinajstić information content (AvgIpc) is 3.81. The van der Waals surface area contributed by atoms with Crippen molar-refractivity contribution in [2.24, 2.45) is 0 Å². The van der Waals surface area contributed by atoms with Crippen molar-refractivity contribution in [3.8, 4) is 20.2 Å². The van der Waals surface area contributed by atoms with Gasteiger partial charge >= 0.3 is 5.97 Å². The van der Waals surface area contributed by atoms with Gasteiger partial charge in [-0.05, 0) is 84.1 Å². The van der Waals surface area contributed by atoms with Crippen molar-refractivity contribution in [2.75, 3.05) is 11.4 Å². The summed E-state index contributed by atoms with van der Waals surface area (Å²) in [6.07, 6.45) is 11.0. The second kappa shape index (κ2) is 11.3. The molecule has 1 aliphatic carbocycles. The smallest absolute Gasteiger partial charge is 0.323 e. The molecule has 3 aliphatic rings. The normalized spacial score (nSPS) is 20.5. The van der Waals surface area contributed by atoms with Gasteiger partial charge in [0.15, 0.2) is 0 Å². The first kappa shape index (κ1) is 27.9. The van der Waals surface area contributed by atoms with Crippen LogP contribution in [0.3, 0.4) is 0 Å². The molecule has 2 fully saturated rings. The van der Waals surface area contributed by atoms with Crippen LogP contribution in [0.4, 0.5) is 10.7 Å². The Kier molecular flexibility index (Phi) is 7.52. The molecule has 2 atom stereocenters. The van der Waals surface area contributed by atoms with Gasteiger partial charge in [-0.15, -0.1) is 34.4 Å². The maximum atomic E-state index is 12.8. The number of rotatable bonds is 7. The van der Waals surface area contributed by atoms with Crippen molar-refractivity contribution in [1.29, 1.82) is 0 Å². The van der Waals surface area contributed by atoms with Crippen molar-refractivity contribution in [2.45, 2.75) is 36.1 Å². The zero-order valence-electron chi connectivity index (χ0n) is 22.2. The summed E-state index contributed by atoms with van der Waals surface area (Å²) < 4.78 is 0.284. The number of carbonyl (C=O) groups is 2. The summed E-state index contributed by atoms with van der Waals surface area (Å²) >= 11 is 11.3. The third-order valence-electron chi connectivity index (χ3n) is 7.94. The van der Waals surface area contributed by atoms with Crippen LogP contribution in [-0.4, -0.2) is 38.8 Å². The molecule has 210 valence electrons. The number of benzene rings is 2. The van der Waals surface area contributed by atoms with Gasteiger partial charge in [-0.1, -0.05) is 48.6 Å². The van der Waals surface area contributed by atoms with Crippen LogP contribution in [0.25, 0.3) is 26.3 Å².